The molecule has 3 aromatic carbocycles. The molecule has 1 aromatic heterocycles. The van der Waals surface area contributed by atoms with Crippen LogP contribution in [0.25, 0.3) is 22.4 Å². The first-order chi connectivity index (χ1) is 17.0. The van der Waals surface area contributed by atoms with E-state index in [1.807, 2.05) is 30.3 Å². The van der Waals surface area contributed by atoms with Crippen molar-refractivity contribution < 1.29 is 14.4 Å². The Balaban J connectivity index is 1.80. The zero-order valence-electron chi connectivity index (χ0n) is 18.7. The van der Waals surface area contributed by atoms with Crippen molar-refractivity contribution in [2.45, 2.75) is 0 Å². The van der Waals surface area contributed by atoms with Gasteiger partial charge in [-0.3, -0.25) is 19.4 Å². The van der Waals surface area contributed by atoms with Crippen LogP contribution in [0, 0.1) is 0 Å². The SMILES string of the molecule is C=CC(=O)Nc1ccc(-c2cc(C(=O)Nc3ccccc3)ccc2-c2ncccc2C(N)=O)cc1. The van der Waals surface area contributed by atoms with Crippen molar-refractivity contribution in [3.05, 3.63) is 115 Å². The topological polar surface area (TPSA) is 114 Å². The van der Waals surface area contributed by atoms with Crippen molar-refractivity contribution in [2.24, 2.45) is 5.73 Å². The summed E-state index contributed by atoms with van der Waals surface area (Å²) < 4.78 is 0. The van der Waals surface area contributed by atoms with Crippen LogP contribution in [0.2, 0.25) is 0 Å². The molecule has 0 saturated carbocycles. The second-order valence-corrected chi connectivity index (χ2v) is 7.62. The number of nitrogens with two attached hydrogens (primary N) is 1. The van der Waals surface area contributed by atoms with Crippen molar-refractivity contribution in [3.63, 3.8) is 0 Å². The number of aromatic nitrogens is 1. The highest BCUT2D eigenvalue weighted by Crippen LogP contribution is 2.34. The highest BCUT2D eigenvalue weighted by molar-refractivity contribution is 6.07. The quantitative estimate of drug-likeness (QED) is 0.339. The van der Waals surface area contributed by atoms with Crippen LogP contribution < -0.4 is 16.4 Å². The molecule has 3 amide bonds. The number of para-hydroxylation sites is 1. The Kier molecular flexibility index (Phi) is 6.78. The van der Waals surface area contributed by atoms with Crippen LogP contribution in [0.3, 0.4) is 0 Å². The van der Waals surface area contributed by atoms with Gasteiger partial charge in [0.05, 0.1) is 11.3 Å². The van der Waals surface area contributed by atoms with E-state index in [0.717, 1.165) is 5.56 Å². The smallest absolute Gasteiger partial charge is 0.255 e. The van der Waals surface area contributed by atoms with Gasteiger partial charge in [0, 0.05) is 28.7 Å². The Morgan fingerprint density at radius 3 is 2.20 bits per heavy atom. The minimum atomic E-state index is -0.604. The number of carbonyl (C=O) groups excluding carboxylic acids is 3. The molecule has 0 aliphatic heterocycles. The van der Waals surface area contributed by atoms with Gasteiger partial charge in [-0.25, -0.2) is 0 Å². The molecule has 0 saturated heterocycles. The van der Waals surface area contributed by atoms with E-state index in [2.05, 4.69) is 22.2 Å². The van der Waals surface area contributed by atoms with Gasteiger partial charge in [-0.15, -0.1) is 0 Å². The molecule has 4 aromatic rings. The van der Waals surface area contributed by atoms with Crippen LogP contribution >= 0.6 is 0 Å². The molecule has 7 nitrogen and oxygen atoms in total. The summed E-state index contributed by atoms with van der Waals surface area (Å²) in [6.45, 7) is 3.45. The number of pyridine rings is 1. The predicted molar refractivity (Wildman–Crippen MR) is 137 cm³/mol. The fourth-order valence-corrected chi connectivity index (χ4v) is 3.60. The molecule has 0 atom stereocenters. The normalized spacial score (nSPS) is 10.3. The molecule has 0 spiro atoms. The monoisotopic (exact) mass is 462 g/mol. The van der Waals surface area contributed by atoms with E-state index in [9.17, 15) is 14.4 Å². The lowest BCUT2D eigenvalue weighted by molar-refractivity contribution is -0.111. The van der Waals surface area contributed by atoms with Crippen LogP contribution in [0.1, 0.15) is 20.7 Å². The molecule has 4 rings (SSSR count). The van der Waals surface area contributed by atoms with E-state index in [1.54, 1.807) is 60.8 Å². The van der Waals surface area contributed by atoms with Gasteiger partial charge in [-0.05, 0) is 65.7 Å². The number of benzene rings is 3. The molecule has 1 heterocycles. The number of hydrogen-bond donors (Lipinski definition) is 3. The number of rotatable bonds is 7. The van der Waals surface area contributed by atoms with E-state index in [0.29, 0.717) is 33.8 Å². The number of anilines is 2. The number of hydrogen-bond acceptors (Lipinski definition) is 4. The van der Waals surface area contributed by atoms with Crippen molar-refractivity contribution >= 4 is 29.1 Å². The number of nitrogens with one attached hydrogen (secondary N) is 2. The second kappa shape index (κ2) is 10.3. The molecule has 0 aliphatic rings. The fourth-order valence-electron chi connectivity index (χ4n) is 3.60. The van der Waals surface area contributed by atoms with E-state index in [-0.39, 0.29) is 17.4 Å². The van der Waals surface area contributed by atoms with Crippen LogP contribution in [-0.2, 0) is 4.79 Å². The summed E-state index contributed by atoms with van der Waals surface area (Å²) in [6, 6.07) is 24.7. The minimum Gasteiger partial charge on any atom is -0.366 e. The third kappa shape index (κ3) is 5.31. The van der Waals surface area contributed by atoms with Gasteiger partial charge in [0.25, 0.3) is 11.8 Å². The summed E-state index contributed by atoms with van der Waals surface area (Å²) in [5, 5.41) is 5.58. The number of primary amides is 1. The van der Waals surface area contributed by atoms with Crippen LogP contribution in [0.15, 0.2) is 104 Å². The molecule has 35 heavy (non-hydrogen) atoms. The maximum Gasteiger partial charge on any atom is 0.255 e. The largest absolute Gasteiger partial charge is 0.366 e. The van der Waals surface area contributed by atoms with Crippen LogP contribution in [0.4, 0.5) is 11.4 Å². The average Bonchev–Trinajstić information content (AvgIpc) is 2.89. The summed E-state index contributed by atoms with van der Waals surface area (Å²) in [5.41, 5.74) is 10.0. The summed E-state index contributed by atoms with van der Waals surface area (Å²) >= 11 is 0. The molecular formula is C28H22N4O3. The highest BCUT2D eigenvalue weighted by atomic mass is 16.2. The van der Waals surface area contributed by atoms with E-state index >= 15 is 0 Å². The Bertz CT molecular complexity index is 1410. The first-order valence-electron chi connectivity index (χ1n) is 10.8. The first kappa shape index (κ1) is 23.1. The molecule has 7 heteroatoms. The van der Waals surface area contributed by atoms with E-state index in [1.165, 1.54) is 6.08 Å². The molecule has 0 aliphatic carbocycles. The van der Waals surface area contributed by atoms with Gasteiger partial charge >= 0.3 is 0 Å². The third-order valence-corrected chi connectivity index (χ3v) is 5.29. The molecule has 172 valence electrons. The molecule has 0 bridgehead atoms. The molecular weight excluding hydrogens is 440 g/mol. The number of carbonyl (C=O) groups is 3. The van der Waals surface area contributed by atoms with Crippen molar-refractivity contribution in [2.75, 3.05) is 10.6 Å². The third-order valence-electron chi connectivity index (χ3n) is 5.29. The molecule has 0 radical (unpaired) electrons. The lowest BCUT2D eigenvalue weighted by Crippen LogP contribution is -2.14. The summed E-state index contributed by atoms with van der Waals surface area (Å²) in [7, 11) is 0. The molecule has 0 fully saturated rings. The zero-order valence-corrected chi connectivity index (χ0v) is 18.7. The summed E-state index contributed by atoms with van der Waals surface area (Å²) in [5.74, 6) is -1.21. The first-order valence-corrected chi connectivity index (χ1v) is 10.8. The van der Waals surface area contributed by atoms with Gasteiger partial charge in [0.2, 0.25) is 5.91 Å². The Hall–Kier alpha value is -5.04. The van der Waals surface area contributed by atoms with E-state index in [4.69, 9.17) is 5.73 Å². The molecule has 4 N–H and O–H groups in total. The number of nitrogens with zero attached hydrogens (tertiary/aromatic N) is 1. The van der Waals surface area contributed by atoms with Gasteiger partial charge in [-0.2, -0.15) is 0 Å². The van der Waals surface area contributed by atoms with Crippen LogP contribution in [-0.4, -0.2) is 22.7 Å². The lowest BCUT2D eigenvalue weighted by Gasteiger charge is -2.15. The Morgan fingerprint density at radius 2 is 1.51 bits per heavy atom. The fraction of sp³-hybridized carbons (Fsp3) is 0. The van der Waals surface area contributed by atoms with Gasteiger partial charge in [-0.1, -0.05) is 43.0 Å². The lowest BCUT2D eigenvalue weighted by atomic mass is 9.92. The number of amides is 3. The maximum absolute atomic E-state index is 13.0. The average molecular weight is 463 g/mol. The van der Waals surface area contributed by atoms with Crippen molar-refractivity contribution in [1.82, 2.24) is 4.98 Å². The van der Waals surface area contributed by atoms with Crippen molar-refractivity contribution in [3.8, 4) is 22.4 Å². The molecule has 0 unspecified atom stereocenters. The van der Waals surface area contributed by atoms with Gasteiger partial charge in [0.15, 0.2) is 0 Å². The summed E-state index contributed by atoms with van der Waals surface area (Å²) in [4.78, 5) is 41.1. The minimum absolute atomic E-state index is 0.269. The highest BCUT2D eigenvalue weighted by Gasteiger charge is 2.18. The van der Waals surface area contributed by atoms with Crippen LogP contribution in [0.5, 0.6) is 0 Å². The second-order valence-electron chi connectivity index (χ2n) is 7.62. The van der Waals surface area contributed by atoms with Gasteiger partial charge in [0.1, 0.15) is 0 Å². The van der Waals surface area contributed by atoms with E-state index < -0.39 is 5.91 Å². The summed E-state index contributed by atoms with van der Waals surface area (Å²) in [6.07, 6.45) is 2.77. The Labute approximate surface area is 202 Å². The Morgan fingerprint density at radius 1 is 0.800 bits per heavy atom. The predicted octanol–water partition coefficient (Wildman–Crippen LogP) is 4.89. The standard InChI is InChI=1S/C28H22N4O3/c1-2-25(33)31-21-13-10-18(11-14-21)24-17-19(28(35)32-20-7-4-3-5-8-20)12-15-22(24)26-23(27(29)34)9-6-16-30-26/h2-17H,1H2,(H2,29,34)(H,31,33)(H,32,35). The maximum atomic E-state index is 13.0. The zero-order chi connectivity index (χ0) is 24.8. The van der Waals surface area contributed by atoms with Crippen molar-refractivity contribution in [1.29, 1.82) is 0 Å². The van der Waals surface area contributed by atoms with Gasteiger partial charge < -0.3 is 16.4 Å².